The molecule has 0 saturated heterocycles. The number of nitrogens with zero attached hydrogens (tertiary/aromatic N) is 3. The van der Waals surface area contributed by atoms with Crippen LogP contribution in [0.1, 0.15) is 17.3 Å². The van der Waals surface area contributed by atoms with E-state index in [1.807, 2.05) is 38.2 Å². The van der Waals surface area contributed by atoms with Crippen molar-refractivity contribution in [3.05, 3.63) is 46.6 Å². The zero-order valence-electron chi connectivity index (χ0n) is 9.85. The molecule has 0 aliphatic rings. The van der Waals surface area contributed by atoms with Crippen molar-refractivity contribution in [2.24, 2.45) is 0 Å². The van der Waals surface area contributed by atoms with Gasteiger partial charge in [0.1, 0.15) is 0 Å². The summed E-state index contributed by atoms with van der Waals surface area (Å²) in [5, 5.41) is 4.51. The quantitative estimate of drug-likeness (QED) is 0.838. The Morgan fingerprint density at radius 2 is 1.94 bits per heavy atom. The predicted octanol–water partition coefficient (Wildman–Crippen LogP) is 2.66. The van der Waals surface area contributed by atoms with Crippen LogP contribution < -0.4 is 0 Å². The van der Waals surface area contributed by atoms with Gasteiger partial charge in [-0.25, -0.2) is 0 Å². The van der Waals surface area contributed by atoms with Crippen LogP contribution in [0.3, 0.4) is 0 Å². The van der Waals surface area contributed by atoms with E-state index in [2.05, 4.69) is 15.0 Å². The van der Waals surface area contributed by atoms with Crippen LogP contribution >= 0.6 is 11.6 Å². The number of hydrogen-bond donors (Lipinski definition) is 0. The first-order chi connectivity index (χ1) is 8.13. The lowest BCUT2D eigenvalue weighted by molar-refractivity contribution is 0.260. The molecule has 1 aromatic carbocycles. The van der Waals surface area contributed by atoms with Gasteiger partial charge in [-0.15, -0.1) is 0 Å². The highest BCUT2D eigenvalue weighted by atomic mass is 35.5. The summed E-state index contributed by atoms with van der Waals surface area (Å²) in [7, 11) is 2.01. The largest absolute Gasteiger partial charge is 0.338 e. The number of hydrogen-bond acceptors (Lipinski definition) is 4. The lowest BCUT2D eigenvalue weighted by Crippen LogP contribution is -2.17. The molecule has 0 fully saturated rings. The SMILES string of the molecule is Cc1noc(CN(C)Cc2ccc(Cl)cc2)n1. The first kappa shape index (κ1) is 12.1. The molecule has 0 atom stereocenters. The first-order valence-electron chi connectivity index (χ1n) is 5.35. The highest BCUT2D eigenvalue weighted by Gasteiger charge is 2.07. The Balaban J connectivity index is 1.93. The van der Waals surface area contributed by atoms with Gasteiger partial charge in [0.05, 0.1) is 6.54 Å². The van der Waals surface area contributed by atoms with Gasteiger partial charge < -0.3 is 4.52 Å². The topological polar surface area (TPSA) is 42.2 Å². The molecule has 2 rings (SSSR count). The molecule has 0 aliphatic heterocycles. The van der Waals surface area contributed by atoms with Crippen molar-refractivity contribution >= 4 is 11.6 Å². The van der Waals surface area contributed by atoms with Crippen LogP contribution in [0.4, 0.5) is 0 Å². The van der Waals surface area contributed by atoms with Crippen LogP contribution in [0.15, 0.2) is 28.8 Å². The summed E-state index contributed by atoms with van der Waals surface area (Å²) in [4.78, 5) is 6.27. The van der Waals surface area contributed by atoms with E-state index in [4.69, 9.17) is 16.1 Å². The van der Waals surface area contributed by atoms with Crippen molar-refractivity contribution in [2.75, 3.05) is 7.05 Å². The zero-order chi connectivity index (χ0) is 12.3. The molecule has 0 radical (unpaired) electrons. The molecule has 0 saturated carbocycles. The minimum Gasteiger partial charge on any atom is -0.338 e. The van der Waals surface area contributed by atoms with Crippen LogP contribution in [0.25, 0.3) is 0 Å². The average Bonchev–Trinajstić information content (AvgIpc) is 2.67. The van der Waals surface area contributed by atoms with E-state index >= 15 is 0 Å². The van der Waals surface area contributed by atoms with Gasteiger partial charge in [0.2, 0.25) is 5.89 Å². The van der Waals surface area contributed by atoms with Crippen LogP contribution in [0, 0.1) is 6.92 Å². The number of rotatable bonds is 4. The molecule has 90 valence electrons. The fourth-order valence-electron chi connectivity index (χ4n) is 1.59. The zero-order valence-corrected chi connectivity index (χ0v) is 10.6. The molecule has 0 aliphatic carbocycles. The fraction of sp³-hybridized carbons (Fsp3) is 0.333. The average molecular weight is 252 g/mol. The van der Waals surface area contributed by atoms with Gasteiger partial charge in [-0.2, -0.15) is 4.98 Å². The molecule has 1 heterocycles. The Hall–Kier alpha value is -1.39. The Kier molecular flexibility index (Phi) is 3.76. The van der Waals surface area contributed by atoms with Gasteiger partial charge in [0.25, 0.3) is 0 Å². The summed E-state index contributed by atoms with van der Waals surface area (Å²) in [6.07, 6.45) is 0. The highest BCUT2D eigenvalue weighted by molar-refractivity contribution is 6.30. The maximum atomic E-state index is 5.83. The number of benzene rings is 1. The molecule has 1 aromatic heterocycles. The van der Waals surface area contributed by atoms with E-state index in [9.17, 15) is 0 Å². The van der Waals surface area contributed by atoms with Crippen molar-refractivity contribution < 1.29 is 4.52 Å². The van der Waals surface area contributed by atoms with Gasteiger partial charge in [-0.05, 0) is 31.7 Å². The normalized spacial score (nSPS) is 11.1. The van der Waals surface area contributed by atoms with E-state index in [1.165, 1.54) is 5.56 Å². The highest BCUT2D eigenvalue weighted by Crippen LogP contribution is 2.11. The fourth-order valence-corrected chi connectivity index (χ4v) is 1.72. The summed E-state index contributed by atoms with van der Waals surface area (Å²) in [6, 6.07) is 7.80. The van der Waals surface area contributed by atoms with Gasteiger partial charge in [0, 0.05) is 11.6 Å². The maximum absolute atomic E-state index is 5.83. The van der Waals surface area contributed by atoms with Crippen LogP contribution in [0.2, 0.25) is 5.02 Å². The first-order valence-corrected chi connectivity index (χ1v) is 5.73. The summed E-state index contributed by atoms with van der Waals surface area (Å²) >= 11 is 5.83. The molecular formula is C12H14ClN3O. The Labute approximate surface area is 105 Å². The van der Waals surface area contributed by atoms with E-state index in [0.29, 0.717) is 18.3 Å². The van der Waals surface area contributed by atoms with E-state index in [0.717, 1.165) is 11.6 Å². The lowest BCUT2D eigenvalue weighted by Gasteiger charge is -2.13. The van der Waals surface area contributed by atoms with Crippen LogP contribution in [-0.2, 0) is 13.1 Å². The van der Waals surface area contributed by atoms with E-state index in [-0.39, 0.29) is 0 Å². The molecule has 0 amide bonds. The second-order valence-corrected chi connectivity index (χ2v) is 4.47. The van der Waals surface area contributed by atoms with Crippen LogP contribution in [0.5, 0.6) is 0 Å². The van der Waals surface area contributed by atoms with E-state index < -0.39 is 0 Å². The van der Waals surface area contributed by atoms with E-state index in [1.54, 1.807) is 0 Å². The molecule has 2 aromatic rings. The van der Waals surface area contributed by atoms with Crippen molar-refractivity contribution in [2.45, 2.75) is 20.0 Å². The Morgan fingerprint density at radius 3 is 2.53 bits per heavy atom. The Bertz CT molecular complexity index is 481. The molecule has 0 bridgehead atoms. The van der Waals surface area contributed by atoms with Crippen molar-refractivity contribution in [3.8, 4) is 0 Å². The molecule has 0 N–H and O–H groups in total. The van der Waals surface area contributed by atoms with Crippen molar-refractivity contribution in [1.82, 2.24) is 15.0 Å². The minimum atomic E-state index is 0.638. The molecular weight excluding hydrogens is 238 g/mol. The number of halogens is 1. The third-order valence-corrected chi connectivity index (χ3v) is 2.59. The molecule has 4 nitrogen and oxygen atoms in total. The lowest BCUT2D eigenvalue weighted by atomic mass is 10.2. The van der Waals surface area contributed by atoms with Gasteiger partial charge in [-0.3, -0.25) is 4.90 Å². The summed E-state index contributed by atoms with van der Waals surface area (Å²) in [5.41, 5.74) is 1.20. The third-order valence-electron chi connectivity index (χ3n) is 2.34. The number of aryl methyl sites for hydroxylation is 1. The summed E-state index contributed by atoms with van der Waals surface area (Å²) < 4.78 is 5.07. The molecule has 0 unspecified atom stereocenters. The second kappa shape index (κ2) is 5.29. The standard InChI is InChI=1S/C12H14ClN3O/c1-9-14-12(17-15-9)8-16(2)7-10-3-5-11(13)6-4-10/h3-6H,7-8H2,1-2H3. The van der Waals surface area contributed by atoms with Crippen molar-refractivity contribution in [1.29, 1.82) is 0 Å². The summed E-state index contributed by atoms with van der Waals surface area (Å²) in [6.45, 7) is 3.27. The van der Waals surface area contributed by atoms with Gasteiger partial charge in [-0.1, -0.05) is 28.9 Å². The third kappa shape index (κ3) is 3.54. The monoisotopic (exact) mass is 251 g/mol. The molecule has 0 spiro atoms. The molecule has 17 heavy (non-hydrogen) atoms. The van der Waals surface area contributed by atoms with Gasteiger partial charge in [0.15, 0.2) is 5.82 Å². The number of aromatic nitrogens is 2. The molecule has 5 heteroatoms. The maximum Gasteiger partial charge on any atom is 0.240 e. The van der Waals surface area contributed by atoms with Crippen molar-refractivity contribution in [3.63, 3.8) is 0 Å². The predicted molar refractivity (Wildman–Crippen MR) is 65.7 cm³/mol. The minimum absolute atomic E-state index is 0.638. The van der Waals surface area contributed by atoms with Gasteiger partial charge >= 0.3 is 0 Å². The second-order valence-electron chi connectivity index (χ2n) is 4.03. The smallest absolute Gasteiger partial charge is 0.240 e. The Morgan fingerprint density at radius 1 is 1.24 bits per heavy atom. The van der Waals surface area contributed by atoms with Crippen LogP contribution in [-0.4, -0.2) is 22.1 Å². The summed E-state index contributed by atoms with van der Waals surface area (Å²) in [5.74, 6) is 1.30.